The number of likely N-dealkylation sites (N-methyl/N-ethyl adjacent to an activating group) is 1. The van der Waals surface area contributed by atoms with Crippen molar-refractivity contribution in [2.45, 2.75) is 6.92 Å². The van der Waals surface area contributed by atoms with Gasteiger partial charge >= 0.3 is 5.97 Å². The van der Waals surface area contributed by atoms with Crippen LogP contribution < -0.4 is 4.74 Å². The number of para-hydroxylation sites is 1. The standard InChI is InChI=1S/C12H14FNO4/c1-3-14(2)10(15)7-18-11-8(12(16)17)5-4-6-9(11)13/h4-6H,3,7H2,1-2H3,(H,16,17). The van der Waals surface area contributed by atoms with Gasteiger partial charge in [0.25, 0.3) is 5.91 Å². The largest absolute Gasteiger partial charge is 0.480 e. The molecule has 1 N–H and O–H groups in total. The van der Waals surface area contributed by atoms with E-state index in [1.807, 2.05) is 0 Å². The SMILES string of the molecule is CCN(C)C(=O)COc1c(F)cccc1C(=O)O. The third kappa shape index (κ3) is 3.19. The molecule has 0 atom stereocenters. The van der Waals surface area contributed by atoms with Gasteiger partial charge in [0.2, 0.25) is 0 Å². The summed E-state index contributed by atoms with van der Waals surface area (Å²) in [5.41, 5.74) is -0.304. The lowest BCUT2D eigenvalue weighted by Gasteiger charge is -2.15. The van der Waals surface area contributed by atoms with Crippen molar-refractivity contribution < 1.29 is 23.8 Å². The summed E-state index contributed by atoms with van der Waals surface area (Å²) in [4.78, 5) is 23.7. The molecule has 0 heterocycles. The summed E-state index contributed by atoms with van der Waals surface area (Å²) in [5.74, 6) is -2.87. The van der Waals surface area contributed by atoms with E-state index in [1.54, 1.807) is 14.0 Å². The number of halogens is 1. The number of hydrogen-bond donors (Lipinski definition) is 1. The Bertz CT molecular complexity index is 461. The van der Waals surface area contributed by atoms with Crippen molar-refractivity contribution in [1.82, 2.24) is 4.90 Å². The van der Waals surface area contributed by atoms with Crippen molar-refractivity contribution in [2.75, 3.05) is 20.2 Å². The molecule has 1 aromatic rings. The third-order valence-electron chi connectivity index (χ3n) is 2.44. The number of aromatic carboxylic acids is 1. The van der Waals surface area contributed by atoms with E-state index in [-0.39, 0.29) is 11.5 Å². The third-order valence-corrected chi connectivity index (χ3v) is 2.44. The molecule has 0 saturated heterocycles. The van der Waals surface area contributed by atoms with Gasteiger partial charge in [-0.05, 0) is 19.1 Å². The van der Waals surface area contributed by atoms with E-state index in [4.69, 9.17) is 9.84 Å². The first-order chi connectivity index (χ1) is 8.47. The summed E-state index contributed by atoms with van der Waals surface area (Å²) < 4.78 is 18.4. The van der Waals surface area contributed by atoms with Crippen LogP contribution in [0.4, 0.5) is 4.39 Å². The monoisotopic (exact) mass is 255 g/mol. The zero-order valence-electron chi connectivity index (χ0n) is 10.1. The highest BCUT2D eigenvalue weighted by Crippen LogP contribution is 2.22. The molecule has 0 radical (unpaired) electrons. The molecule has 5 nitrogen and oxygen atoms in total. The van der Waals surface area contributed by atoms with Gasteiger partial charge in [-0.1, -0.05) is 6.07 Å². The van der Waals surface area contributed by atoms with E-state index in [9.17, 15) is 14.0 Å². The van der Waals surface area contributed by atoms with Crippen LogP contribution in [0.3, 0.4) is 0 Å². The minimum Gasteiger partial charge on any atom is -0.480 e. The van der Waals surface area contributed by atoms with Gasteiger partial charge in [-0.3, -0.25) is 4.79 Å². The van der Waals surface area contributed by atoms with Crippen LogP contribution in [0.1, 0.15) is 17.3 Å². The number of rotatable bonds is 5. The first-order valence-corrected chi connectivity index (χ1v) is 5.36. The van der Waals surface area contributed by atoms with E-state index >= 15 is 0 Å². The maximum absolute atomic E-state index is 13.4. The normalized spacial score (nSPS) is 9.94. The average Bonchev–Trinajstić information content (AvgIpc) is 2.35. The van der Waals surface area contributed by atoms with E-state index in [2.05, 4.69) is 0 Å². The van der Waals surface area contributed by atoms with Gasteiger partial charge in [-0.2, -0.15) is 0 Å². The van der Waals surface area contributed by atoms with Crippen molar-refractivity contribution >= 4 is 11.9 Å². The zero-order chi connectivity index (χ0) is 13.7. The van der Waals surface area contributed by atoms with Gasteiger partial charge in [0.1, 0.15) is 5.56 Å². The molecular formula is C12H14FNO4. The van der Waals surface area contributed by atoms with Crippen LogP contribution >= 0.6 is 0 Å². The Morgan fingerprint density at radius 1 is 1.44 bits per heavy atom. The predicted octanol–water partition coefficient (Wildman–Crippen LogP) is 1.38. The second-order valence-electron chi connectivity index (χ2n) is 3.62. The Morgan fingerprint density at radius 3 is 2.67 bits per heavy atom. The molecule has 0 aromatic heterocycles. The van der Waals surface area contributed by atoms with Gasteiger partial charge in [0.15, 0.2) is 18.2 Å². The summed E-state index contributed by atoms with van der Waals surface area (Å²) in [6.07, 6.45) is 0. The van der Waals surface area contributed by atoms with Crippen LogP contribution in [0.5, 0.6) is 5.75 Å². The highest BCUT2D eigenvalue weighted by molar-refractivity contribution is 5.91. The molecule has 0 aliphatic carbocycles. The number of amides is 1. The fourth-order valence-corrected chi connectivity index (χ4v) is 1.24. The highest BCUT2D eigenvalue weighted by atomic mass is 19.1. The summed E-state index contributed by atoms with van der Waals surface area (Å²) in [6, 6.07) is 3.57. The van der Waals surface area contributed by atoms with Crippen molar-refractivity contribution in [1.29, 1.82) is 0 Å². The maximum Gasteiger partial charge on any atom is 0.339 e. The van der Waals surface area contributed by atoms with Crippen LogP contribution in [0, 0.1) is 5.82 Å². The van der Waals surface area contributed by atoms with Crippen LogP contribution in [0.2, 0.25) is 0 Å². The van der Waals surface area contributed by atoms with Crippen molar-refractivity contribution in [2.24, 2.45) is 0 Å². The number of hydrogen-bond acceptors (Lipinski definition) is 3. The number of benzene rings is 1. The minimum absolute atomic E-state index is 0.304. The van der Waals surface area contributed by atoms with Crippen LogP contribution in [-0.4, -0.2) is 42.1 Å². The summed E-state index contributed by atoms with van der Waals surface area (Å²) in [7, 11) is 1.57. The van der Waals surface area contributed by atoms with Crippen LogP contribution in [-0.2, 0) is 4.79 Å². The molecule has 0 spiro atoms. The van der Waals surface area contributed by atoms with Crippen molar-refractivity contribution in [3.8, 4) is 5.75 Å². The molecule has 98 valence electrons. The Labute approximate surface area is 104 Å². The van der Waals surface area contributed by atoms with Crippen LogP contribution in [0.25, 0.3) is 0 Å². The molecule has 0 unspecified atom stereocenters. The Kier molecular flexibility index (Phi) is 4.65. The highest BCUT2D eigenvalue weighted by Gasteiger charge is 2.17. The Morgan fingerprint density at radius 2 is 2.11 bits per heavy atom. The average molecular weight is 255 g/mol. The number of carboxylic acids is 1. The molecule has 0 aliphatic heterocycles. The van der Waals surface area contributed by atoms with E-state index < -0.39 is 24.1 Å². The maximum atomic E-state index is 13.4. The molecule has 0 saturated carbocycles. The van der Waals surface area contributed by atoms with Crippen molar-refractivity contribution in [3.63, 3.8) is 0 Å². The minimum atomic E-state index is -1.30. The first-order valence-electron chi connectivity index (χ1n) is 5.36. The number of carboxylic acid groups (broad SMARTS) is 1. The molecular weight excluding hydrogens is 241 g/mol. The summed E-state index contributed by atoms with van der Waals surface area (Å²) >= 11 is 0. The molecule has 0 aliphatic rings. The fraction of sp³-hybridized carbons (Fsp3) is 0.333. The van der Waals surface area contributed by atoms with E-state index in [1.165, 1.54) is 17.0 Å². The van der Waals surface area contributed by atoms with Gasteiger partial charge < -0.3 is 14.7 Å². The zero-order valence-corrected chi connectivity index (χ0v) is 10.1. The Hall–Kier alpha value is -2.11. The van der Waals surface area contributed by atoms with Crippen molar-refractivity contribution in [3.05, 3.63) is 29.6 Å². The van der Waals surface area contributed by atoms with E-state index in [0.29, 0.717) is 6.54 Å². The fourth-order valence-electron chi connectivity index (χ4n) is 1.24. The van der Waals surface area contributed by atoms with Gasteiger partial charge in [0.05, 0.1) is 0 Å². The van der Waals surface area contributed by atoms with Gasteiger partial charge in [0, 0.05) is 13.6 Å². The number of carbonyl (C=O) groups is 2. The second-order valence-corrected chi connectivity index (χ2v) is 3.62. The molecule has 18 heavy (non-hydrogen) atoms. The number of ether oxygens (including phenoxy) is 1. The second kappa shape index (κ2) is 6.00. The lowest BCUT2D eigenvalue weighted by molar-refractivity contribution is -0.131. The summed E-state index contributed by atoms with van der Waals surface area (Å²) in [5, 5.41) is 8.87. The molecule has 1 aromatic carbocycles. The molecule has 1 rings (SSSR count). The topological polar surface area (TPSA) is 66.8 Å². The van der Waals surface area contributed by atoms with Gasteiger partial charge in [-0.25, -0.2) is 9.18 Å². The lowest BCUT2D eigenvalue weighted by Crippen LogP contribution is -2.31. The molecule has 1 amide bonds. The lowest BCUT2D eigenvalue weighted by atomic mass is 10.2. The Balaban J connectivity index is 2.84. The first kappa shape index (κ1) is 14.0. The molecule has 0 fully saturated rings. The predicted molar refractivity (Wildman–Crippen MR) is 62.2 cm³/mol. The van der Waals surface area contributed by atoms with Crippen LogP contribution in [0.15, 0.2) is 18.2 Å². The molecule has 0 bridgehead atoms. The number of nitrogens with zero attached hydrogens (tertiary/aromatic N) is 1. The van der Waals surface area contributed by atoms with E-state index in [0.717, 1.165) is 6.07 Å². The quantitative estimate of drug-likeness (QED) is 0.863. The number of carbonyl (C=O) groups excluding carboxylic acids is 1. The molecule has 6 heteroatoms. The van der Waals surface area contributed by atoms with Gasteiger partial charge in [-0.15, -0.1) is 0 Å². The summed E-state index contributed by atoms with van der Waals surface area (Å²) in [6.45, 7) is 1.88. The smallest absolute Gasteiger partial charge is 0.339 e.